The maximum Gasteiger partial charge on any atom is 0.217 e. The lowest BCUT2D eigenvalue weighted by atomic mass is 9.85. The summed E-state index contributed by atoms with van der Waals surface area (Å²) in [5.41, 5.74) is 2.91. The molecule has 0 saturated heterocycles. The van der Waals surface area contributed by atoms with Gasteiger partial charge in [-0.2, -0.15) is 0 Å². The number of nitrogens with zero attached hydrogens (tertiary/aromatic N) is 1. The Bertz CT molecular complexity index is 794. The molecule has 0 aliphatic carbocycles. The second-order valence-corrected chi connectivity index (χ2v) is 8.62. The summed E-state index contributed by atoms with van der Waals surface area (Å²) in [6.07, 6.45) is 1.63. The number of hydrogen-bond acceptors (Lipinski definition) is 3. The van der Waals surface area contributed by atoms with Crippen molar-refractivity contribution >= 4 is 5.91 Å². The van der Waals surface area contributed by atoms with E-state index < -0.39 is 0 Å². The van der Waals surface area contributed by atoms with Gasteiger partial charge in [0.15, 0.2) is 0 Å². The molecule has 30 heavy (non-hydrogen) atoms. The molecule has 0 heterocycles. The van der Waals surface area contributed by atoms with Gasteiger partial charge in [-0.3, -0.25) is 9.69 Å². The molecule has 164 valence electrons. The van der Waals surface area contributed by atoms with Gasteiger partial charge in [0.2, 0.25) is 5.91 Å². The molecule has 0 radical (unpaired) electrons. The van der Waals surface area contributed by atoms with E-state index in [2.05, 4.69) is 62.2 Å². The van der Waals surface area contributed by atoms with Crippen LogP contribution in [0, 0.1) is 0 Å². The Balaban J connectivity index is 2.44. The predicted molar refractivity (Wildman–Crippen MR) is 125 cm³/mol. The molecule has 4 nitrogen and oxygen atoms in total. The highest BCUT2D eigenvalue weighted by Gasteiger charge is 2.24. The van der Waals surface area contributed by atoms with E-state index in [0.29, 0.717) is 17.8 Å². The van der Waals surface area contributed by atoms with Crippen molar-refractivity contribution in [3.8, 4) is 5.75 Å². The summed E-state index contributed by atoms with van der Waals surface area (Å²) in [4.78, 5) is 14.1. The number of carbonyl (C=O) groups excluding carboxylic acids is 1. The Morgan fingerprint density at radius 1 is 0.967 bits per heavy atom. The molecule has 0 aromatic heterocycles. The molecule has 0 bridgehead atoms. The maximum atomic E-state index is 11.6. The molecule has 2 rings (SSSR count). The van der Waals surface area contributed by atoms with E-state index in [-0.39, 0.29) is 17.9 Å². The SMILES string of the molecule is CCC(NC(C)=O)c1cccc(C(CCN(C(C)C)C(C)C)c2ccccc2)c1O. The highest BCUT2D eigenvalue weighted by atomic mass is 16.3. The summed E-state index contributed by atoms with van der Waals surface area (Å²) in [5.74, 6) is 0.296. The van der Waals surface area contributed by atoms with Gasteiger partial charge in [0.05, 0.1) is 6.04 Å². The van der Waals surface area contributed by atoms with Crippen molar-refractivity contribution in [3.63, 3.8) is 0 Å². The monoisotopic (exact) mass is 410 g/mol. The van der Waals surface area contributed by atoms with Gasteiger partial charge >= 0.3 is 0 Å². The summed E-state index contributed by atoms with van der Waals surface area (Å²) in [7, 11) is 0. The Labute approximate surface area is 182 Å². The van der Waals surface area contributed by atoms with Crippen molar-refractivity contribution in [2.24, 2.45) is 0 Å². The van der Waals surface area contributed by atoms with Gasteiger partial charge in [0.1, 0.15) is 5.75 Å². The van der Waals surface area contributed by atoms with Crippen LogP contribution in [0.3, 0.4) is 0 Å². The third-order valence-corrected chi connectivity index (χ3v) is 5.84. The number of rotatable bonds is 10. The lowest BCUT2D eigenvalue weighted by Crippen LogP contribution is -2.38. The predicted octanol–water partition coefficient (Wildman–Crippen LogP) is 5.62. The summed E-state index contributed by atoms with van der Waals surface area (Å²) in [6, 6.07) is 17.1. The summed E-state index contributed by atoms with van der Waals surface area (Å²) in [5, 5.41) is 14.2. The van der Waals surface area contributed by atoms with E-state index in [1.54, 1.807) is 0 Å². The van der Waals surface area contributed by atoms with Crippen molar-refractivity contribution in [1.29, 1.82) is 0 Å². The average Bonchev–Trinajstić information content (AvgIpc) is 2.70. The zero-order valence-corrected chi connectivity index (χ0v) is 19.4. The smallest absolute Gasteiger partial charge is 0.217 e. The minimum absolute atomic E-state index is 0.0842. The number of amides is 1. The Morgan fingerprint density at radius 2 is 1.57 bits per heavy atom. The fourth-order valence-corrected chi connectivity index (χ4v) is 4.37. The van der Waals surface area contributed by atoms with E-state index in [9.17, 15) is 9.90 Å². The second-order valence-electron chi connectivity index (χ2n) is 8.62. The molecule has 0 aliphatic rings. The molecular formula is C26H38N2O2. The molecule has 4 heteroatoms. The Morgan fingerprint density at radius 3 is 2.10 bits per heavy atom. The number of aromatic hydroxyl groups is 1. The number of carbonyl (C=O) groups is 1. The number of phenolic OH excluding ortho intramolecular Hbond substituents is 1. The van der Waals surface area contributed by atoms with Gasteiger partial charge in [0, 0.05) is 36.1 Å². The van der Waals surface area contributed by atoms with Gasteiger partial charge < -0.3 is 10.4 Å². The van der Waals surface area contributed by atoms with Crippen molar-refractivity contribution < 1.29 is 9.90 Å². The molecule has 2 N–H and O–H groups in total. The molecule has 1 amide bonds. The number of phenols is 1. The van der Waals surface area contributed by atoms with E-state index in [1.807, 2.05) is 31.2 Å². The first-order chi connectivity index (χ1) is 14.3. The van der Waals surface area contributed by atoms with E-state index in [1.165, 1.54) is 12.5 Å². The molecule has 0 fully saturated rings. The van der Waals surface area contributed by atoms with Crippen LogP contribution in [0.25, 0.3) is 0 Å². The highest BCUT2D eigenvalue weighted by molar-refractivity contribution is 5.73. The molecule has 0 aliphatic heterocycles. The summed E-state index contributed by atoms with van der Waals surface area (Å²) in [6.45, 7) is 13.4. The maximum absolute atomic E-state index is 11.6. The third kappa shape index (κ3) is 6.09. The third-order valence-electron chi connectivity index (χ3n) is 5.84. The zero-order chi connectivity index (χ0) is 22.3. The van der Waals surface area contributed by atoms with Gasteiger partial charge in [-0.25, -0.2) is 0 Å². The van der Waals surface area contributed by atoms with Crippen LogP contribution in [-0.2, 0) is 4.79 Å². The summed E-state index contributed by atoms with van der Waals surface area (Å²) < 4.78 is 0. The first kappa shape index (κ1) is 23.9. The van der Waals surface area contributed by atoms with E-state index in [0.717, 1.165) is 30.5 Å². The topological polar surface area (TPSA) is 52.6 Å². The number of nitrogens with one attached hydrogen (secondary N) is 1. The fourth-order valence-electron chi connectivity index (χ4n) is 4.37. The van der Waals surface area contributed by atoms with Gasteiger partial charge in [-0.1, -0.05) is 55.5 Å². The Kier molecular flexibility index (Phi) is 8.91. The summed E-state index contributed by atoms with van der Waals surface area (Å²) >= 11 is 0. The van der Waals surface area contributed by atoms with Crippen molar-refractivity contribution in [2.45, 2.75) is 78.4 Å². The van der Waals surface area contributed by atoms with Crippen LogP contribution in [0.1, 0.15) is 83.0 Å². The minimum atomic E-state index is -0.193. The lowest BCUT2D eigenvalue weighted by molar-refractivity contribution is -0.119. The van der Waals surface area contributed by atoms with Crippen LogP contribution in [-0.4, -0.2) is 34.5 Å². The standard InChI is InChI=1S/C26H38N2O2/c1-7-25(27-20(6)29)24-15-11-14-23(26(24)30)22(21-12-9-8-10-13-21)16-17-28(18(2)3)19(4)5/h8-15,18-19,22,25,30H,7,16-17H2,1-6H3,(H,27,29). The number of benzene rings is 2. The van der Waals surface area contributed by atoms with Crippen LogP contribution in [0.5, 0.6) is 5.75 Å². The van der Waals surface area contributed by atoms with Crippen LogP contribution < -0.4 is 5.32 Å². The number of hydrogen-bond donors (Lipinski definition) is 2. The second kappa shape index (κ2) is 11.2. The highest BCUT2D eigenvalue weighted by Crippen LogP contribution is 2.38. The number of para-hydroxylation sites is 1. The quantitative estimate of drug-likeness (QED) is 0.534. The molecule has 2 atom stereocenters. The molecule has 0 spiro atoms. The first-order valence-electron chi connectivity index (χ1n) is 11.2. The molecule has 2 aromatic rings. The van der Waals surface area contributed by atoms with Gasteiger partial charge in [0.25, 0.3) is 0 Å². The van der Waals surface area contributed by atoms with Gasteiger partial charge in [-0.05, 0) is 52.6 Å². The Hall–Kier alpha value is -2.33. The molecule has 2 unspecified atom stereocenters. The van der Waals surface area contributed by atoms with Crippen LogP contribution in [0.15, 0.2) is 48.5 Å². The van der Waals surface area contributed by atoms with Crippen molar-refractivity contribution in [1.82, 2.24) is 10.2 Å². The molecule has 0 saturated carbocycles. The molecular weight excluding hydrogens is 372 g/mol. The lowest BCUT2D eigenvalue weighted by Gasteiger charge is -2.32. The van der Waals surface area contributed by atoms with Crippen LogP contribution in [0.4, 0.5) is 0 Å². The fraction of sp³-hybridized carbons (Fsp3) is 0.500. The largest absolute Gasteiger partial charge is 0.507 e. The van der Waals surface area contributed by atoms with E-state index >= 15 is 0 Å². The average molecular weight is 411 g/mol. The first-order valence-corrected chi connectivity index (χ1v) is 11.2. The normalized spacial score (nSPS) is 13.6. The van der Waals surface area contributed by atoms with E-state index in [4.69, 9.17) is 0 Å². The van der Waals surface area contributed by atoms with Crippen molar-refractivity contribution in [3.05, 3.63) is 65.2 Å². The zero-order valence-electron chi connectivity index (χ0n) is 19.4. The minimum Gasteiger partial charge on any atom is -0.507 e. The van der Waals surface area contributed by atoms with Crippen LogP contribution >= 0.6 is 0 Å². The van der Waals surface area contributed by atoms with Crippen LogP contribution in [0.2, 0.25) is 0 Å². The van der Waals surface area contributed by atoms with Crippen molar-refractivity contribution in [2.75, 3.05) is 6.54 Å². The van der Waals surface area contributed by atoms with Gasteiger partial charge in [-0.15, -0.1) is 0 Å². The molecule has 2 aromatic carbocycles.